The van der Waals surface area contributed by atoms with E-state index >= 15 is 0 Å². The first-order valence-electron chi connectivity index (χ1n) is 7.52. The van der Waals surface area contributed by atoms with Gasteiger partial charge in [-0.3, -0.25) is 4.79 Å². The molecule has 1 aliphatic carbocycles. The second kappa shape index (κ2) is 7.81. The molecule has 5 atom stereocenters. The number of carbonyl (C=O) groups is 1. The van der Waals surface area contributed by atoms with Crippen LogP contribution in [0.2, 0.25) is 0 Å². The van der Waals surface area contributed by atoms with Gasteiger partial charge < -0.3 is 10.2 Å². The lowest BCUT2D eigenvalue weighted by Crippen LogP contribution is -2.17. The highest BCUT2D eigenvalue weighted by Crippen LogP contribution is 2.30. The van der Waals surface area contributed by atoms with E-state index in [1.807, 2.05) is 13.0 Å². The maximum atomic E-state index is 11.5. The summed E-state index contributed by atoms with van der Waals surface area (Å²) in [6.45, 7) is 6.18. The molecule has 0 heterocycles. The zero-order valence-corrected chi connectivity index (χ0v) is 12.4. The van der Waals surface area contributed by atoms with E-state index in [0.717, 1.165) is 12.8 Å². The Morgan fingerprint density at radius 1 is 1.47 bits per heavy atom. The third-order valence-electron chi connectivity index (χ3n) is 4.19. The van der Waals surface area contributed by atoms with Gasteiger partial charge in [-0.25, -0.2) is 0 Å². The third kappa shape index (κ3) is 5.07. The van der Waals surface area contributed by atoms with Crippen LogP contribution in [0, 0.1) is 17.8 Å². The Hall–Kier alpha value is -0.670. The number of aliphatic hydroxyl groups excluding tert-OH is 2. The van der Waals surface area contributed by atoms with Crippen molar-refractivity contribution in [1.82, 2.24) is 0 Å². The summed E-state index contributed by atoms with van der Waals surface area (Å²) in [5, 5.41) is 19.8. The fraction of sp³-hybridized carbons (Fsp3) is 0.812. The summed E-state index contributed by atoms with van der Waals surface area (Å²) in [5.74, 6) is 0.365. The number of hydrogen-bond donors (Lipinski definition) is 2. The minimum Gasteiger partial charge on any atom is -0.392 e. The smallest absolute Gasteiger partial charge is 0.138 e. The van der Waals surface area contributed by atoms with Crippen molar-refractivity contribution in [1.29, 1.82) is 0 Å². The quantitative estimate of drug-likeness (QED) is 0.698. The molecule has 0 aromatic rings. The molecule has 3 nitrogen and oxygen atoms in total. The van der Waals surface area contributed by atoms with E-state index in [-0.39, 0.29) is 24.0 Å². The second-order valence-electron chi connectivity index (χ2n) is 6.04. The molecule has 1 rings (SSSR count). The topological polar surface area (TPSA) is 57.5 Å². The van der Waals surface area contributed by atoms with Gasteiger partial charge in [0, 0.05) is 18.3 Å². The number of unbranched alkanes of at least 4 members (excludes halogenated alkanes) is 1. The first-order valence-corrected chi connectivity index (χ1v) is 7.52. The van der Waals surface area contributed by atoms with Crippen LogP contribution in [0.3, 0.4) is 0 Å². The molecule has 3 heteroatoms. The summed E-state index contributed by atoms with van der Waals surface area (Å²) >= 11 is 0. The molecule has 4 unspecified atom stereocenters. The van der Waals surface area contributed by atoms with Crippen LogP contribution >= 0.6 is 0 Å². The summed E-state index contributed by atoms with van der Waals surface area (Å²) < 4.78 is 0. The molecule has 0 bridgehead atoms. The molecule has 1 fully saturated rings. The zero-order chi connectivity index (χ0) is 14.4. The largest absolute Gasteiger partial charge is 0.392 e. The molecule has 0 radical (unpaired) electrons. The van der Waals surface area contributed by atoms with Crippen LogP contribution in [-0.2, 0) is 4.79 Å². The standard InChI is InChI=1S/C16H28O3/c1-4-5-6-11(2)9-13(17)7-8-14-12(3)15(18)10-16(14)19/h7-8,11-14,16-17,19H,4-6,9-10H2,1-3H3/b8-7+/t11?,12?,13?,14-,16?/m1/s1. The van der Waals surface area contributed by atoms with E-state index in [1.165, 1.54) is 12.8 Å². The Morgan fingerprint density at radius 2 is 2.16 bits per heavy atom. The zero-order valence-electron chi connectivity index (χ0n) is 12.4. The van der Waals surface area contributed by atoms with Gasteiger partial charge in [0.25, 0.3) is 0 Å². The summed E-state index contributed by atoms with van der Waals surface area (Å²) in [6.07, 6.45) is 7.06. The number of ketones is 1. The molecular weight excluding hydrogens is 240 g/mol. The number of rotatable bonds is 7. The highest BCUT2D eigenvalue weighted by atomic mass is 16.3. The molecule has 0 saturated heterocycles. The van der Waals surface area contributed by atoms with Crippen LogP contribution in [0.15, 0.2) is 12.2 Å². The predicted molar refractivity (Wildman–Crippen MR) is 76.7 cm³/mol. The van der Waals surface area contributed by atoms with Crippen molar-refractivity contribution in [3.8, 4) is 0 Å². The highest BCUT2D eigenvalue weighted by Gasteiger charge is 2.36. The predicted octanol–water partition coefficient (Wildman–Crippen LogP) is 2.71. The van der Waals surface area contributed by atoms with E-state index in [4.69, 9.17) is 0 Å². The van der Waals surface area contributed by atoms with Crippen LogP contribution in [0.1, 0.15) is 52.9 Å². The average molecular weight is 268 g/mol. The molecule has 0 spiro atoms. The van der Waals surface area contributed by atoms with Gasteiger partial charge in [0.1, 0.15) is 5.78 Å². The van der Waals surface area contributed by atoms with Crippen LogP contribution in [-0.4, -0.2) is 28.2 Å². The fourth-order valence-electron chi connectivity index (χ4n) is 2.79. The first-order chi connectivity index (χ1) is 8.95. The molecule has 0 amide bonds. The van der Waals surface area contributed by atoms with Gasteiger partial charge in [-0.05, 0) is 12.3 Å². The number of Topliss-reactive ketones (excluding diaryl/α,β-unsaturated/α-hetero) is 1. The lowest BCUT2D eigenvalue weighted by atomic mass is 9.93. The van der Waals surface area contributed by atoms with Crippen molar-refractivity contribution < 1.29 is 15.0 Å². The van der Waals surface area contributed by atoms with Crippen molar-refractivity contribution in [3.63, 3.8) is 0 Å². The summed E-state index contributed by atoms with van der Waals surface area (Å²) in [5.41, 5.74) is 0. The Balaban J connectivity index is 2.41. The van der Waals surface area contributed by atoms with Crippen LogP contribution < -0.4 is 0 Å². The summed E-state index contributed by atoms with van der Waals surface area (Å²) in [7, 11) is 0. The van der Waals surface area contributed by atoms with E-state index < -0.39 is 12.2 Å². The Bertz CT molecular complexity index is 311. The monoisotopic (exact) mass is 268 g/mol. The third-order valence-corrected chi connectivity index (χ3v) is 4.19. The van der Waals surface area contributed by atoms with Crippen molar-refractivity contribution in [2.45, 2.75) is 65.1 Å². The van der Waals surface area contributed by atoms with Crippen LogP contribution in [0.5, 0.6) is 0 Å². The molecule has 0 aromatic carbocycles. The molecule has 1 saturated carbocycles. The fourth-order valence-corrected chi connectivity index (χ4v) is 2.79. The van der Waals surface area contributed by atoms with Crippen molar-refractivity contribution in [2.24, 2.45) is 17.8 Å². The Morgan fingerprint density at radius 3 is 2.68 bits per heavy atom. The maximum absolute atomic E-state index is 11.5. The molecule has 0 aromatic heterocycles. The Labute approximate surface area is 116 Å². The van der Waals surface area contributed by atoms with E-state index in [0.29, 0.717) is 5.92 Å². The van der Waals surface area contributed by atoms with E-state index in [9.17, 15) is 15.0 Å². The van der Waals surface area contributed by atoms with Crippen molar-refractivity contribution >= 4 is 5.78 Å². The minimum absolute atomic E-state index is 0.118. The number of carbonyl (C=O) groups excluding carboxylic acids is 1. The molecule has 110 valence electrons. The summed E-state index contributed by atoms with van der Waals surface area (Å²) in [6, 6.07) is 0. The van der Waals surface area contributed by atoms with Gasteiger partial charge >= 0.3 is 0 Å². The number of hydrogen-bond acceptors (Lipinski definition) is 3. The Kier molecular flexibility index (Phi) is 6.73. The highest BCUT2D eigenvalue weighted by molar-refractivity contribution is 5.84. The lowest BCUT2D eigenvalue weighted by molar-refractivity contribution is -0.120. The molecule has 1 aliphatic rings. The van der Waals surface area contributed by atoms with Gasteiger partial charge in [-0.2, -0.15) is 0 Å². The first kappa shape index (κ1) is 16.4. The number of aliphatic hydroxyl groups is 2. The van der Waals surface area contributed by atoms with Gasteiger partial charge in [-0.15, -0.1) is 0 Å². The van der Waals surface area contributed by atoms with Gasteiger partial charge in [-0.1, -0.05) is 52.2 Å². The van der Waals surface area contributed by atoms with Crippen molar-refractivity contribution in [3.05, 3.63) is 12.2 Å². The van der Waals surface area contributed by atoms with Gasteiger partial charge in [0.15, 0.2) is 0 Å². The molecule has 19 heavy (non-hydrogen) atoms. The lowest BCUT2D eigenvalue weighted by Gasteiger charge is -2.16. The normalized spacial score (nSPS) is 31.0. The van der Waals surface area contributed by atoms with Crippen LogP contribution in [0.4, 0.5) is 0 Å². The van der Waals surface area contributed by atoms with Crippen molar-refractivity contribution in [2.75, 3.05) is 0 Å². The van der Waals surface area contributed by atoms with Crippen LogP contribution in [0.25, 0.3) is 0 Å². The molecular formula is C16H28O3. The SMILES string of the molecule is CCCCC(C)CC(O)/C=C/[C@H]1C(O)CC(=O)C1C. The minimum atomic E-state index is -0.580. The molecule has 0 aliphatic heterocycles. The van der Waals surface area contributed by atoms with E-state index in [1.54, 1.807) is 6.08 Å². The maximum Gasteiger partial charge on any atom is 0.138 e. The molecule has 2 N–H and O–H groups in total. The van der Waals surface area contributed by atoms with Gasteiger partial charge in [0.05, 0.1) is 12.2 Å². The second-order valence-corrected chi connectivity index (χ2v) is 6.04. The van der Waals surface area contributed by atoms with Gasteiger partial charge in [0.2, 0.25) is 0 Å². The van der Waals surface area contributed by atoms with E-state index in [2.05, 4.69) is 13.8 Å². The average Bonchev–Trinajstić information content (AvgIpc) is 2.59. The summed E-state index contributed by atoms with van der Waals surface area (Å²) in [4.78, 5) is 11.5.